The van der Waals surface area contributed by atoms with Crippen molar-refractivity contribution in [3.8, 4) is 28.6 Å². The Kier molecular flexibility index (Phi) is 5.95. The number of carbonyl (C=O) groups excluding carboxylic acids is 1. The van der Waals surface area contributed by atoms with Crippen LogP contribution in [0.25, 0.3) is 33.7 Å². The number of ether oxygens (including phenoxy) is 1. The zero-order chi connectivity index (χ0) is 25.5. The molecule has 0 fully saturated rings. The number of rotatable bonds is 6. The number of aromatic nitrogens is 3. The average Bonchev–Trinajstić information content (AvgIpc) is 3.40. The van der Waals surface area contributed by atoms with E-state index < -0.39 is 35.7 Å². The van der Waals surface area contributed by atoms with E-state index in [1.54, 1.807) is 35.0 Å². The van der Waals surface area contributed by atoms with E-state index in [2.05, 4.69) is 14.9 Å². The highest BCUT2D eigenvalue weighted by Gasteiger charge is 2.41. The lowest BCUT2D eigenvalue weighted by molar-refractivity contribution is -0.191. The second-order valence-electron chi connectivity index (χ2n) is 7.58. The van der Waals surface area contributed by atoms with Crippen LogP contribution in [0.15, 0.2) is 53.2 Å². The number of hydrogen-bond donors (Lipinski definition) is 1. The van der Waals surface area contributed by atoms with Crippen LogP contribution in [0, 0.1) is 0 Å². The summed E-state index contributed by atoms with van der Waals surface area (Å²) < 4.78 is 90.3. The van der Waals surface area contributed by atoms with Crippen LogP contribution in [0.5, 0.6) is 5.75 Å². The first kappa shape index (κ1) is 24.1. The zero-order valence-electron chi connectivity index (χ0n) is 17.8. The highest BCUT2D eigenvalue weighted by molar-refractivity contribution is 5.94. The molecule has 7 nitrogen and oxygen atoms in total. The molecule has 0 aliphatic heterocycles. The molecule has 184 valence electrons. The van der Waals surface area contributed by atoms with Crippen molar-refractivity contribution >= 4 is 16.8 Å². The van der Waals surface area contributed by atoms with Crippen molar-refractivity contribution in [3.63, 3.8) is 0 Å². The largest absolute Gasteiger partial charge is 0.481 e. The van der Waals surface area contributed by atoms with Gasteiger partial charge in [-0.1, -0.05) is 17.3 Å². The van der Waals surface area contributed by atoms with Crippen molar-refractivity contribution in [2.24, 2.45) is 5.73 Å². The molecule has 0 bridgehead atoms. The lowest BCUT2D eigenvalue weighted by Gasteiger charge is -2.20. The standard InChI is InChI=1S/C22H16F6N4O3/c1-11(21(23,24)25)34-17-6-5-12(9-15(17)22(26,27)28)20-30-19(31-35-20)14-3-2-4-16-13(14)7-8-32(16)10-18(29)33/h2-9,11H,10H2,1H3,(H2,29,33). The Balaban J connectivity index is 1.71. The number of carbonyl (C=O) groups is 1. The van der Waals surface area contributed by atoms with Gasteiger partial charge in [0.05, 0.1) is 5.56 Å². The summed E-state index contributed by atoms with van der Waals surface area (Å²) in [5, 5.41) is 4.47. The summed E-state index contributed by atoms with van der Waals surface area (Å²) in [6.07, 6.45) is -10.7. The molecule has 4 aromatic rings. The van der Waals surface area contributed by atoms with Crippen molar-refractivity contribution < 1.29 is 40.4 Å². The average molecular weight is 498 g/mol. The maximum atomic E-state index is 13.6. The molecule has 0 saturated heterocycles. The molecule has 35 heavy (non-hydrogen) atoms. The molecular formula is C22H16F6N4O3. The molecule has 2 N–H and O–H groups in total. The Morgan fingerprint density at radius 2 is 1.89 bits per heavy atom. The van der Waals surface area contributed by atoms with Gasteiger partial charge in [0.15, 0.2) is 6.10 Å². The quantitative estimate of drug-likeness (QED) is 0.369. The second kappa shape index (κ2) is 8.64. The number of benzene rings is 2. The van der Waals surface area contributed by atoms with Crippen LogP contribution in [0.4, 0.5) is 26.3 Å². The third kappa shape index (κ3) is 4.93. The Labute approximate surface area is 193 Å². The summed E-state index contributed by atoms with van der Waals surface area (Å²) >= 11 is 0. The number of amides is 1. The topological polar surface area (TPSA) is 96.2 Å². The first-order valence-electron chi connectivity index (χ1n) is 10.00. The lowest BCUT2D eigenvalue weighted by Crippen LogP contribution is -2.31. The zero-order valence-corrected chi connectivity index (χ0v) is 17.8. The monoisotopic (exact) mass is 498 g/mol. The molecule has 0 saturated carbocycles. The van der Waals surface area contributed by atoms with Crippen molar-refractivity contribution in [2.75, 3.05) is 0 Å². The van der Waals surface area contributed by atoms with Gasteiger partial charge >= 0.3 is 12.4 Å². The van der Waals surface area contributed by atoms with Gasteiger partial charge in [-0.3, -0.25) is 4.79 Å². The molecule has 1 amide bonds. The Hall–Kier alpha value is -4.03. The molecule has 2 heterocycles. The van der Waals surface area contributed by atoms with E-state index in [-0.39, 0.29) is 23.8 Å². The third-order valence-corrected chi connectivity index (χ3v) is 5.10. The molecule has 0 radical (unpaired) electrons. The summed E-state index contributed by atoms with van der Waals surface area (Å²) in [7, 11) is 0. The van der Waals surface area contributed by atoms with Gasteiger partial charge in [-0.25, -0.2) is 0 Å². The highest BCUT2D eigenvalue weighted by Crippen LogP contribution is 2.40. The van der Waals surface area contributed by atoms with E-state index in [0.717, 1.165) is 12.1 Å². The van der Waals surface area contributed by atoms with E-state index in [1.807, 2.05) is 0 Å². The number of fused-ring (bicyclic) bond motifs is 1. The first-order chi connectivity index (χ1) is 16.3. The summed E-state index contributed by atoms with van der Waals surface area (Å²) in [6, 6.07) is 9.20. The van der Waals surface area contributed by atoms with Crippen LogP contribution < -0.4 is 10.5 Å². The molecule has 4 rings (SSSR count). The SMILES string of the molecule is CC(Oc1ccc(-c2nc(-c3cccc4c3ccn4CC(N)=O)no2)cc1C(F)(F)F)C(F)(F)F. The Morgan fingerprint density at radius 1 is 1.14 bits per heavy atom. The minimum absolute atomic E-state index is 0.0574. The molecule has 13 heteroatoms. The van der Waals surface area contributed by atoms with E-state index in [4.69, 9.17) is 10.3 Å². The summed E-state index contributed by atoms with van der Waals surface area (Å²) in [5.74, 6) is -1.75. The highest BCUT2D eigenvalue weighted by atomic mass is 19.4. The van der Waals surface area contributed by atoms with E-state index in [9.17, 15) is 31.1 Å². The summed E-state index contributed by atoms with van der Waals surface area (Å²) in [5.41, 5.74) is 4.79. The number of nitrogens with zero attached hydrogens (tertiary/aromatic N) is 3. The molecule has 0 aliphatic carbocycles. The van der Waals surface area contributed by atoms with Crippen LogP contribution in [0.3, 0.4) is 0 Å². The van der Waals surface area contributed by atoms with Crippen LogP contribution in [0.2, 0.25) is 0 Å². The van der Waals surface area contributed by atoms with Crippen LogP contribution in [0.1, 0.15) is 12.5 Å². The van der Waals surface area contributed by atoms with E-state index >= 15 is 0 Å². The van der Waals surface area contributed by atoms with E-state index in [1.165, 1.54) is 0 Å². The normalized spacial score (nSPS) is 13.2. The smallest absolute Gasteiger partial charge is 0.425 e. The van der Waals surface area contributed by atoms with Crippen LogP contribution in [-0.2, 0) is 17.5 Å². The second-order valence-corrected chi connectivity index (χ2v) is 7.58. The molecule has 2 aromatic carbocycles. The summed E-state index contributed by atoms with van der Waals surface area (Å²) in [6.45, 7) is 0.543. The van der Waals surface area contributed by atoms with E-state index in [0.29, 0.717) is 29.5 Å². The molecular weight excluding hydrogens is 482 g/mol. The maximum absolute atomic E-state index is 13.6. The predicted molar refractivity (Wildman–Crippen MR) is 111 cm³/mol. The number of primary amides is 1. The number of hydrogen-bond acceptors (Lipinski definition) is 5. The fourth-order valence-electron chi connectivity index (χ4n) is 3.42. The van der Waals surface area contributed by atoms with Gasteiger partial charge in [0.25, 0.3) is 5.89 Å². The number of halogens is 6. The van der Waals surface area contributed by atoms with Gasteiger partial charge < -0.3 is 19.6 Å². The van der Waals surface area contributed by atoms with Gasteiger partial charge in [-0.05, 0) is 37.3 Å². The van der Waals surface area contributed by atoms with Crippen molar-refractivity contribution in [2.45, 2.75) is 31.9 Å². The fourth-order valence-corrected chi connectivity index (χ4v) is 3.42. The maximum Gasteiger partial charge on any atom is 0.425 e. The molecule has 0 aliphatic rings. The van der Waals surface area contributed by atoms with Gasteiger partial charge in [-0.2, -0.15) is 31.3 Å². The first-order valence-corrected chi connectivity index (χ1v) is 10.00. The Morgan fingerprint density at radius 3 is 2.54 bits per heavy atom. The minimum Gasteiger partial charge on any atom is -0.481 e. The van der Waals surface area contributed by atoms with Crippen molar-refractivity contribution in [3.05, 3.63) is 54.2 Å². The number of nitrogens with two attached hydrogens (primary N) is 1. The molecule has 2 aromatic heterocycles. The summed E-state index contributed by atoms with van der Waals surface area (Å²) in [4.78, 5) is 15.4. The van der Waals surface area contributed by atoms with Crippen molar-refractivity contribution in [1.29, 1.82) is 0 Å². The Bertz CT molecular complexity index is 1390. The van der Waals surface area contributed by atoms with Crippen LogP contribution >= 0.6 is 0 Å². The predicted octanol–water partition coefficient (Wildman–Crippen LogP) is 5.19. The molecule has 1 atom stereocenters. The fraction of sp³-hybridized carbons (Fsp3) is 0.227. The van der Waals surface area contributed by atoms with Crippen LogP contribution in [-0.4, -0.2) is 32.9 Å². The van der Waals surface area contributed by atoms with Gasteiger partial charge in [0, 0.05) is 28.2 Å². The van der Waals surface area contributed by atoms with Crippen molar-refractivity contribution in [1.82, 2.24) is 14.7 Å². The lowest BCUT2D eigenvalue weighted by atomic mass is 10.1. The third-order valence-electron chi connectivity index (χ3n) is 5.10. The molecule has 1 unspecified atom stereocenters. The molecule has 0 spiro atoms. The van der Waals surface area contributed by atoms with Gasteiger partial charge in [-0.15, -0.1) is 0 Å². The van der Waals surface area contributed by atoms with Gasteiger partial charge in [0.1, 0.15) is 12.3 Å². The number of alkyl halides is 6. The van der Waals surface area contributed by atoms with Gasteiger partial charge in [0.2, 0.25) is 11.7 Å². The minimum atomic E-state index is -5.01.